The average Bonchev–Trinajstić information content (AvgIpc) is 3.47. The predicted molar refractivity (Wildman–Crippen MR) is 133 cm³/mol. The van der Waals surface area contributed by atoms with Crippen molar-refractivity contribution in [3.63, 3.8) is 0 Å². The van der Waals surface area contributed by atoms with E-state index in [0.29, 0.717) is 54.2 Å². The summed E-state index contributed by atoms with van der Waals surface area (Å²) in [6.45, 7) is 2.09. The van der Waals surface area contributed by atoms with Gasteiger partial charge in [0.1, 0.15) is 11.6 Å². The first-order valence-corrected chi connectivity index (χ1v) is 12.3. The molecule has 1 amide bonds. The molecule has 13 heteroatoms. The fraction of sp³-hybridized carbons (Fsp3) is 0.478. The highest BCUT2D eigenvalue weighted by Crippen LogP contribution is 2.54. The highest BCUT2D eigenvalue weighted by molar-refractivity contribution is 6.33. The van der Waals surface area contributed by atoms with Crippen LogP contribution in [0.25, 0.3) is 0 Å². The number of amides is 1. The second kappa shape index (κ2) is 8.47. The standard InChI is InChI=1S/C23H26ClN9O3/c1-31-9-3-4-13-19(31)25-22(26-20(13)34)33-10-7-23(8-11-33)17-14(24)5-6-15(18(17)32(2)21(23)35)36-12-16-27-29-30-28-16/h5-6H,3-4,7-12H2,1-2H3,(H,25,26,34)(H,27,28,29,30). The number of benzene rings is 1. The van der Waals surface area contributed by atoms with Gasteiger partial charge in [-0.1, -0.05) is 16.8 Å². The molecule has 3 aliphatic rings. The molecule has 0 bridgehead atoms. The van der Waals surface area contributed by atoms with Gasteiger partial charge in [0, 0.05) is 44.3 Å². The Morgan fingerprint density at radius 2 is 1.97 bits per heavy atom. The normalized spacial score (nSPS) is 18.5. The number of nitrogens with zero attached hydrogens (tertiary/aromatic N) is 7. The van der Waals surface area contributed by atoms with Crippen molar-refractivity contribution in [2.75, 3.05) is 48.4 Å². The number of aromatic amines is 2. The monoisotopic (exact) mass is 511 g/mol. The van der Waals surface area contributed by atoms with Crippen molar-refractivity contribution < 1.29 is 9.53 Å². The molecule has 1 spiro atoms. The number of ether oxygens (including phenoxy) is 1. The zero-order valence-electron chi connectivity index (χ0n) is 20.0. The first kappa shape index (κ1) is 22.8. The summed E-state index contributed by atoms with van der Waals surface area (Å²) in [4.78, 5) is 39.9. The van der Waals surface area contributed by atoms with Crippen LogP contribution in [0.2, 0.25) is 5.02 Å². The second-order valence-corrected chi connectivity index (χ2v) is 9.94. The van der Waals surface area contributed by atoms with Crippen LogP contribution in [-0.2, 0) is 23.2 Å². The van der Waals surface area contributed by atoms with Crippen molar-refractivity contribution in [1.29, 1.82) is 0 Å². The van der Waals surface area contributed by atoms with E-state index < -0.39 is 5.41 Å². The van der Waals surface area contributed by atoms with Crippen LogP contribution in [0.4, 0.5) is 17.5 Å². The van der Waals surface area contributed by atoms with Crippen LogP contribution < -0.4 is 25.0 Å². The number of likely N-dealkylation sites (N-methyl/N-ethyl adjacent to an activating group) is 1. The molecule has 12 nitrogen and oxygen atoms in total. The lowest BCUT2D eigenvalue weighted by atomic mass is 9.73. The van der Waals surface area contributed by atoms with Gasteiger partial charge < -0.3 is 19.4 Å². The van der Waals surface area contributed by atoms with Crippen LogP contribution in [-0.4, -0.2) is 70.2 Å². The van der Waals surface area contributed by atoms with Gasteiger partial charge in [-0.05, 0) is 37.8 Å². The Kier molecular flexibility index (Phi) is 5.36. The molecule has 3 aliphatic heterocycles. The third kappa shape index (κ3) is 3.42. The van der Waals surface area contributed by atoms with Crippen molar-refractivity contribution in [2.24, 2.45) is 0 Å². The number of rotatable bonds is 4. The number of nitrogens with one attached hydrogen (secondary N) is 2. The SMILES string of the molecule is CN1CCCc2c1nc(N1CCC3(CC1)C(=O)N(C)c1c(OCc4nn[nH]n4)ccc(Cl)c13)[nH]c2=O. The Hall–Kier alpha value is -3.67. The molecule has 2 aromatic heterocycles. The number of aromatic nitrogens is 6. The molecule has 0 aliphatic carbocycles. The van der Waals surface area contributed by atoms with Gasteiger partial charge in [0.05, 0.1) is 16.7 Å². The van der Waals surface area contributed by atoms with Crippen molar-refractivity contribution in [3.8, 4) is 5.75 Å². The predicted octanol–water partition coefficient (Wildman–Crippen LogP) is 1.41. The third-order valence-electron chi connectivity index (χ3n) is 7.54. The molecule has 0 saturated carbocycles. The molecule has 1 aromatic carbocycles. The van der Waals surface area contributed by atoms with Crippen LogP contribution in [0.3, 0.4) is 0 Å². The topological polar surface area (TPSA) is 136 Å². The summed E-state index contributed by atoms with van der Waals surface area (Å²) in [5.74, 6) is 2.23. The van der Waals surface area contributed by atoms with Gasteiger partial charge >= 0.3 is 0 Å². The zero-order chi connectivity index (χ0) is 25.0. The van der Waals surface area contributed by atoms with E-state index in [1.165, 1.54) is 0 Å². The lowest BCUT2D eigenvalue weighted by molar-refractivity contribution is -0.123. The molecule has 0 atom stereocenters. The van der Waals surface area contributed by atoms with E-state index in [0.717, 1.165) is 36.3 Å². The summed E-state index contributed by atoms with van der Waals surface area (Å²) in [5, 5.41) is 14.3. The summed E-state index contributed by atoms with van der Waals surface area (Å²) in [6.07, 6.45) is 2.75. The quantitative estimate of drug-likeness (QED) is 0.532. The number of fused-ring (bicyclic) bond motifs is 3. The lowest BCUT2D eigenvalue weighted by Gasteiger charge is -2.39. The number of halogens is 1. The van der Waals surface area contributed by atoms with Crippen LogP contribution in [0.15, 0.2) is 16.9 Å². The van der Waals surface area contributed by atoms with E-state index in [1.807, 2.05) is 16.8 Å². The molecule has 2 N–H and O–H groups in total. The number of carbonyl (C=O) groups excluding carboxylic acids is 1. The van der Waals surface area contributed by atoms with E-state index in [9.17, 15) is 9.59 Å². The fourth-order valence-electron chi connectivity index (χ4n) is 5.70. The van der Waals surface area contributed by atoms with Gasteiger partial charge in [-0.2, -0.15) is 10.2 Å². The van der Waals surface area contributed by atoms with E-state index in [4.69, 9.17) is 21.3 Å². The number of anilines is 3. The van der Waals surface area contributed by atoms with Crippen molar-refractivity contribution >= 4 is 35.0 Å². The molecule has 5 heterocycles. The van der Waals surface area contributed by atoms with E-state index in [1.54, 1.807) is 24.1 Å². The van der Waals surface area contributed by atoms with E-state index in [2.05, 4.69) is 25.6 Å². The highest BCUT2D eigenvalue weighted by Gasteiger charge is 2.53. The Morgan fingerprint density at radius 3 is 2.72 bits per heavy atom. The Bertz CT molecular complexity index is 1380. The van der Waals surface area contributed by atoms with Crippen LogP contribution in [0.1, 0.15) is 36.2 Å². The summed E-state index contributed by atoms with van der Waals surface area (Å²) in [5.41, 5.74) is 1.34. The number of carbonyl (C=O) groups is 1. The smallest absolute Gasteiger partial charge is 0.257 e. The highest BCUT2D eigenvalue weighted by atomic mass is 35.5. The van der Waals surface area contributed by atoms with Crippen LogP contribution in [0.5, 0.6) is 5.75 Å². The second-order valence-electron chi connectivity index (χ2n) is 9.54. The molecule has 1 fully saturated rings. The van der Waals surface area contributed by atoms with Crippen molar-refractivity contribution in [1.82, 2.24) is 30.6 Å². The Balaban J connectivity index is 1.29. The summed E-state index contributed by atoms with van der Waals surface area (Å²) in [7, 11) is 3.71. The maximum absolute atomic E-state index is 13.7. The number of piperidine rings is 1. The minimum atomic E-state index is -0.769. The number of hydrogen-bond donors (Lipinski definition) is 2. The maximum atomic E-state index is 13.7. The molecule has 0 unspecified atom stereocenters. The van der Waals surface area contributed by atoms with Gasteiger partial charge in [0.2, 0.25) is 17.7 Å². The fourth-order valence-corrected chi connectivity index (χ4v) is 6.03. The largest absolute Gasteiger partial charge is 0.483 e. The Morgan fingerprint density at radius 1 is 1.17 bits per heavy atom. The zero-order valence-corrected chi connectivity index (χ0v) is 20.8. The van der Waals surface area contributed by atoms with Crippen LogP contribution in [0, 0.1) is 0 Å². The summed E-state index contributed by atoms with van der Waals surface area (Å²) >= 11 is 6.71. The van der Waals surface area contributed by atoms with Gasteiger partial charge in [-0.3, -0.25) is 14.6 Å². The minimum absolute atomic E-state index is 0.0127. The lowest BCUT2D eigenvalue weighted by Crippen LogP contribution is -2.49. The number of hydrogen-bond acceptors (Lipinski definition) is 9. The van der Waals surface area contributed by atoms with Gasteiger partial charge in [-0.15, -0.1) is 10.2 Å². The van der Waals surface area contributed by atoms with Crippen molar-refractivity contribution in [3.05, 3.63) is 44.5 Å². The molecular weight excluding hydrogens is 486 g/mol. The minimum Gasteiger partial charge on any atom is -0.483 e. The maximum Gasteiger partial charge on any atom is 0.257 e. The molecule has 1 saturated heterocycles. The number of tetrazole rings is 1. The molecular formula is C23H26ClN9O3. The van der Waals surface area contributed by atoms with E-state index in [-0.39, 0.29) is 18.1 Å². The number of H-pyrrole nitrogens is 2. The first-order chi connectivity index (χ1) is 17.4. The summed E-state index contributed by atoms with van der Waals surface area (Å²) in [6, 6.07) is 3.53. The average molecular weight is 512 g/mol. The van der Waals surface area contributed by atoms with Crippen molar-refractivity contribution in [2.45, 2.75) is 37.7 Å². The molecule has 36 heavy (non-hydrogen) atoms. The van der Waals surface area contributed by atoms with E-state index >= 15 is 0 Å². The van der Waals surface area contributed by atoms with Gasteiger partial charge in [0.25, 0.3) is 5.56 Å². The van der Waals surface area contributed by atoms with Gasteiger partial charge in [-0.25, -0.2) is 0 Å². The molecule has 6 rings (SSSR count). The first-order valence-electron chi connectivity index (χ1n) is 11.9. The molecule has 0 radical (unpaired) electrons. The molecule has 188 valence electrons. The van der Waals surface area contributed by atoms with Crippen LogP contribution >= 0.6 is 11.6 Å². The summed E-state index contributed by atoms with van der Waals surface area (Å²) < 4.78 is 5.97. The Labute approximate surface area is 211 Å². The third-order valence-corrected chi connectivity index (χ3v) is 7.86. The van der Waals surface area contributed by atoms with Gasteiger partial charge in [0.15, 0.2) is 6.61 Å². The molecule has 3 aromatic rings.